The first-order valence-electron chi connectivity index (χ1n) is 14.3. The van der Waals surface area contributed by atoms with Crippen LogP contribution >= 0.6 is 27.9 Å². The van der Waals surface area contributed by atoms with Gasteiger partial charge >= 0.3 is 6.18 Å². The first kappa shape index (κ1) is 32.0. The third-order valence-corrected chi connectivity index (χ3v) is 9.46. The lowest BCUT2D eigenvalue weighted by molar-refractivity contribution is -0.167. The number of amides is 1. The number of ether oxygens (including phenoxy) is 1. The monoisotopic (exact) mass is 685 g/mol. The second kappa shape index (κ2) is 13.3. The maximum Gasteiger partial charge on any atom is 0.402 e. The number of alkyl halides is 5. The molecule has 2 aliphatic rings. The predicted molar refractivity (Wildman–Crippen MR) is 161 cm³/mol. The van der Waals surface area contributed by atoms with Crippen molar-refractivity contribution in [1.29, 1.82) is 0 Å². The highest BCUT2D eigenvalue weighted by Crippen LogP contribution is 2.42. The Morgan fingerprint density at radius 3 is 2.23 bits per heavy atom. The van der Waals surface area contributed by atoms with Gasteiger partial charge in [0.15, 0.2) is 6.04 Å². The number of nitrogens with zero attached hydrogens (tertiary/aromatic N) is 2. The molecule has 43 heavy (non-hydrogen) atoms. The summed E-state index contributed by atoms with van der Waals surface area (Å²) in [5.74, 6) is -4.30. The van der Waals surface area contributed by atoms with Crippen molar-refractivity contribution in [3.05, 3.63) is 70.7 Å². The van der Waals surface area contributed by atoms with Crippen LogP contribution in [0.4, 0.5) is 22.0 Å². The zero-order chi connectivity index (χ0) is 30.8. The second-order valence-electron chi connectivity index (χ2n) is 11.2. The molecule has 0 aromatic heterocycles. The Bertz CT molecular complexity index is 1410. The summed E-state index contributed by atoms with van der Waals surface area (Å²) in [6.07, 6.45) is 0.328. The number of likely N-dealkylation sites (tertiary alicyclic amines) is 1. The number of piperidine rings is 1. The molecule has 2 fully saturated rings. The van der Waals surface area contributed by atoms with E-state index >= 15 is 8.78 Å². The van der Waals surface area contributed by atoms with Crippen LogP contribution in [0.25, 0.3) is 10.8 Å². The minimum atomic E-state index is -4.85. The van der Waals surface area contributed by atoms with E-state index in [0.29, 0.717) is 49.6 Å². The Balaban J connectivity index is 1.48. The molecule has 0 radical (unpaired) electrons. The van der Waals surface area contributed by atoms with E-state index in [4.69, 9.17) is 10.5 Å². The first-order chi connectivity index (χ1) is 20.4. The fourth-order valence-electron chi connectivity index (χ4n) is 5.60. The minimum absolute atomic E-state index is 0.0959. The van der Waals surface area contributed by atoms with Gasteiger partial charge in [-0.15, -0.1) is 0 Å². The third-order valence-electron chi connectivity index (χ3n) is 7.89. The normalized spacial score (nSPS) is 18.0. The molecule has 232 valence electrons. The summed E-state index contributed by atoms with van der Waals surface area (Å²) < 4.78 is 81.6. The number of fused-ring (bicyclic) bond motifs is 1. The molecule has 1 atom stereocenters. The van der Waals surface area contributed by atoms with Crippen molar-refractivity contribution in [2.24, 2.45) is 5.73 Å². The van der Waals surface area contributed by atoms with Gasteiger partial charge in [0, 0.05) is 34.1 Å². The van der Waals surface area contributed by atoms with E-state index < -0.39 is 36.2 Å². The number of carbonyl (C=O) groups is 1. The van der Waals surface area contributed by atoms with Crippen molar-refractivity contribution in [2.45, 2.75) is 73.7 Å². The Morgan fingerprint density at radius 1 is 0.953 bits per heavy atom. The smallest absolute Gasteiger partial charge is 0.402 e. The number of carbonyl (C=O) groups excluding carboxylic acids is 1. The van der Waals surface area contributed by atoms with Crippen LogP contribution < -0.4 is 10.5 Å². The molecule has 12 heteroatoms. The van der Waals surface area contributed by atoms with Crippen LogP contribution in [0.1, 0.15) is 44.1 Å². The Kier molecular flexibility index (Phi) is 9.89. The molecule has 2 N–H and O–H groups in total. The molecule has 1 aliphatic heterocycles. The number of nitrogens with two attached hydrogens (primary N) is 1. The van der Waals surface area contributed by atoms with Gasteiger partial charge in [0.1, 0.15) is 12.3 Å². The fourth-order valence-corrected chi connectivity index (χ4v) is 6.98. The molecular weight excluding hydrogens is 653 g/mol. The van der Waals surface area contributed by atoms with Crippen LogP contribution in [-0.4, -0.2) is 59.1 Å². The molecule has 1 unspecified atom stereocenters. The van der Waals surface area contributed by atoms with E-state index in [-0.39, 0.29) is 25.2 Å². The van der Waals surface area contributed by atoms with Crippen molar-refractivity contribution < 1.29 is 31.5 Å². The maximum atomic E-state index is 16.3. The van der Waals surface area contributed by atoms with Crippen molar-refractivity contribution in [3.63, 3.8) is 0 Å². The summed E-state index contributed by atoms with van der Waals surface area (Å²) in [4.78, 5) is 15.3. The summed E-state index contributed by atoms with van der Waals surface area (Å²) in [7, 11) is 0. The van der Waals surface area contributed by atoms with Crippen LogP contribution in [0.2, 0.25) is 0 Å². The Labute approximate surface area is 260 Å². The highest BCUT2D eigenvalue weighted by atomic mass is 79.9. The summed E-state index contributed by atoms with van der Waals surface area (Å²) in [5.41, 5.74) is 5.39. The van der Waals surface area contributed by atoms with E-state index in [1.165, 1.54) is 17.0 Å². The molecule has 3 aromatic carbocycles. The molecule has 1 amide bonds. The van der Waals surface area contributed by atoms with Gasteiger partial charge in [-0.2, -0.15) is 22.0 Å². The van der Waals surface area contributed by atoms with Gasteiger partial charge in [0.2, 0.25) is 5.91 Å². The molecule has 1 saturated heterocycles. The van der Waals surface area contributed by atoms with Gasteiger partial charge < -0.3 is 15.4 Å². The molecular formula is C31H33BrF5N3O2S. The SMILES string of the molecule is NC1CCN(C(=O)C(N(CC(F)(F)F)Sc2ccc3cc(OC4CCCC4)ccc3c2)C(F)(F)c2ccc(Br)cc2)CC1. The average molecular weight is 687 g/mol. The van der Waals surface area contributed by atoms with Gasteiger partial charge in [-0.3, -0.25) is 4.79 Å². The van der Waals surface area contributed by atoms with Crippen LogP contribution in [-0.2, 0) is 10.7 Å². The summed E-state index contributed by atoms with van der Waals surface area (Å²) in [6, 6.07) is 12.8. The van der Waals surface area contributed by atoms with Crippen LogP contribution in [0.5, 0.6) is 5.75 Å². The molecule has 0 bridgehead atoms. The Morgan fingerprint density at radius 2 is 1.58 bits per heavy atom. The molecule has 0 spiro atoms. The van der Waals surface area contributed by atoms with Crippen LogP contribution in [0, 0.1) is 0 Å². The summed E-state index contributed by atoms with van der Waals surface area (Å²) in [5, 5.41) is 1.52. The van der Waals surface area contributed by atoms with Gasteiger partial charge in [0.25, 0.3) is 5.92 Å². The molecule has 1 saturated carbocycles. The van der Waals surface area contributed by atoms with E-state index in [1.807, 2.05) is 6.07 Å². The van der Waals surface area contributed by atoms with Crippen LogP contribution in [0.3, 0.4) is 0 Å². The van der Waals surface area contributed by atoms with Crippen molar-refractivity contribution in [3.8, 4) is 5.75 Å². The second-order valence-corrected chi connectivity index (χ2v) is 13.2. The van der Waals surface area contributed by atoms with Gasteiger partial charge in [0.05, 0.1) is 6.10 Å². The third kappa shape index (κ3) is 8.01. The molecule has 5 rings (SSSR count). The molecule has 5 nitrogen and oxygen atoms in total. The summed E-state index contributed by atoms with van der Waals surface area (Å²) >= 11 is 3.71. The van der Waals surface area contributed by atoms with E-state index in [0.717, 1.165) is 43.2 Å². The number of hydrogen-bond acceptors (Lipinski definition) is 5. The number of benzene rings is 3. The maximum absolute atomic E-state index is 16.3. The standard InChI is InChI=1S/C31H33BrF5N3O2S/c32-23-9-7-22(8-10-23)31(36,37)28(29(41)39-15-13-24(38)14-16-39)40(19-30(33,34)35)43-27-12-6-20-17-26(11-5-21(20)18-27)42-25-3-1-2-4-25/h5-12,17-18,24-25,28H,1-4,13-16,19,38H2. The highest BCUT2D eigenvalue weighted by Gasteiger charge is 2.53. The molecule has 1 heterocycles. The van der Waals surface area contributed by atoms with E-state index in [2.05, 4.69) is 15.9 Å². The van der Waals surface area contributed by atoms with Crippen molar-refractivity contribution in [2.75, 3.05) is 19.6 Å². The topological polar surface area (TPSA) is 58.8 Å². The van der Waals surface area contributed by atoms with Crippen molar-refractivity contribution >= 4 is 44.6 Å². The summed E-state index contributed by atoms with van der Waals surface area (Å²) in [6.45, 7) is -1.53. The van der Waals surface area contributed by atoms with Gasteiger partial charge in [-0.1, -0.05) is 40.2 Å². The number of hydrogen-bond donors (Lipinski definition) is 1. The molecule has 3 aromatic rings. The lowest BCUT2D eigenvalue weighted by atomic mass is 9.98. The minimum Gasteiger partial charge on any atom is -0.490 e. The van der Waals surface area contributed by atoms with E-state index in [1.54, 1.807) is 30.3 Å². The first-order valence-corrected chi connectivity index (χ1v) is 15.9. The zero-order valence-corrected chi connectivity index (χ0v) is 25.7. The quantitative estimate of drug-likeness (QED) is 0.183. The van der Waals surface area contributed by atoms with Gasteiger partial charge in [-0.05, 0) is 97.6 Å². The largest absolute Gasteiger partial charge is 0.490 e. The highest BCUT2D eigenvalue weighted by molar-refractivity contribution is 9.10. The zero-order valence-electron chi connectivity index (χ0n) is 23.3. The average Bonchev–Trinajstić information content (AvgIpc) is 3.46. The van der Waals surface area contributed by atoms with Gasteiger partial charge in [-0.25, -0.2) is 4.31 Å². The fraction of sp³-hybridized carbons (Fsp3) is 0.452. The van der Waals surface area contributed by atoms with Crippen molar-refractivity contribution in [1.82, 2.24) is 9.21 Å². The van der Waals surface area contributed by atoms with E-state index in [9.17, 15) is 18.0 Å². The predicted octanol–water partition coefficient (Wildman–Crippen LogP) is 7.91. The Hall–Kier alpha value is -2.41. The molecule has 1 aliphatic carbocycles. The number of rotatable bonds is 9. The number of halogens is 6. The van der Waals surface area contributed by atoms with Crippen LogP contribution in [0.15, 0.2) is 70.0 Å². The lowest BCUT2D eigenvalue weighted by Gasteiger charge is -2.40. The lowest BCUT2D eigenvalue weighted by Crippen LogP contribution is -2.57.